The minimum Gasteiger partial charge on any atom is -0.353 e. The van der Waals surface area contributed by atoms with Crippen molar-refractivity contribution in [1.82, 2.24) is 15.5 Å². The number of carbonyl (C=O) groups is 3. The van der Waals surface area contributed by atoms with Gasteiger partial charge in [-0.1, -0.05) is 31.4 Å². The lowest BCUT2D eigenvalue weighted by molar-refractivity contribution is -0.127. The summed E-state index contributed by atoms with van der Waals surface area (Å²) in [6.45, 7) is 1.48. The summed E-state index contributed by atoms with van der Waals surface area (Å²) >= 11 is 0. The molecule has 148 valence electrons. The summed E-state index contributed by atoms with van der Waals surface area (Å²) in [5.74, 6) is -0.391. The molecule has 1 saturated heterocycles. The van der Waals surface area contributed by atoms with E-state index in [1.165, 1.54) is 4.90 Å². The molecule has 2 aliphatic rings. The van der Waals surface area contributed by atoms with E-state index < -0.39 is 5.54 Å². The molecule has 0 bridgehead atoms. The van der Waals surface area contributed by atoms with Gasteiger partial charge in [0, 0.05) is 25.2 Å². The van der Waals surface area contributed by atoms with Crippen molar-refractivity contribution in [1.29, 1.82) is 0 Å². The zero-order valence-electron chi connectivity index (χ0n) is 15.3. The number of nitrogens with two attached hydrogens (primary N) is 1. The largest absolute Gasteiger partial charge is 0.353 e. The highest BCUT2D eigenvalue weighted by atomic mass is 35.5. The monoisotopic (exact) mass is 394 g/mol. The molecule has 0 atom stereocenters. The van der Waals surface area contributed by atoms with Crippen LogP contribution in [0.4, 0.5) is 0 Å². The molecule has 0 radical (unpaired) electrons. The summed E-state index contributed by atoms with van der Waals surface area (Å²) in [7, 11) is 0. The Hall–Kier alpha value is -2.12. The second kappa shape index (κ2) is 9.19. The van der Waals surface area contributed by atoms with Gasteiger partial charge in [0.05, 0.1) is 12.1 Å². The topological polar surface area (TPSA) is 105 Å². The van der Waals surface area contributed by atoms with Crippen molar-refractivity contribution < 1.29 is 14.4 Å². The van der Waals surface area contributed by atoms with Gasteiger partial charge < -0.3 is 21.3 Å². The molecule has 7 nitrogen and oxygen atoms in total. The van der Waals surface area contributed by atoms with Gasteiger partial charge in [-0.15, -0.1) is 12.4 Å². The lowest BCUT2D eigenvalue weighted by Gasteiger charge is -2.31. The van der Waals surface area contributed by atoms with E-state index in [9.17, 15) is 14.4 Å². The smallest absolute Gasteiger partial charge is 0.254 e. The number of hydrogen-bond donors (Lipinski definition) is 3. The van der Waals surface area contributed by atoms with Gasteiger partial charge in [0.25, 0.3) is 5.91 Å². The maximum Gasteiger partial charge on any atom is 0.254 e. The first-order chi connectivity index (χ1) is 12.5. The van der Waals surface area contributed by atoms with Crippen LogP contribution in [-0.2, 0) is 16.1 Å². The van der Waals surface area contributed by atoms with Crippen molar-refractivity contribution in [3.8, 4) is 0 Å². The average Bonchev–Trinajstić information content (AvgIpc) is 2.66. The van der Waals surface area contributed by atoms with Gasteiger partial charge in [0.2, 0.25) is 11.8 Å². The van der Waals surface area contributed by atoms with Crippen LogP contribution >= 0.6 is 12.4 Å². The molecule has 2 fully saturated rings. The number of piperazine rings is 1. The first kappa shape index (κ1) is 21.2. The maximum absolute atomic E-state index is 12.4. The van der Waals surface area contributed by atoms with Crippen molar-refractivity contribution in [2.24, 2.45) is 5.73 Å². The Balaban J connectivity index is 0.00000261. The molecule has 0 spiro atoms. The maximum atomic E-state index is 12.4. The number of benzene rings is 1. The number of halogens is 1. The number of nitrogens with one attached hydrogen (secondary N) is 2. The van der Waals surface area contributed by atoms with Gasteiger partial charge in [-0.05, 0) is 30.5 Å². The Labute approximate surface area is 165 Å². The van der Waals surface area contributed by atoms with E-state index >= 15 is 0 Å². The summed E-state index contributed by atoms with van der Waals surface area (Å²) in [6.07, 6.45) is 4.59. The summed E-state index contributed by atoms with van der Waals surface area (Å²) in [5, 5.41) is 5.62. The van der Waals surface area contributed by atoms with Crippen molar-refractivity contribution in [2.45, 2.75) is 44.2 Å². The predicted molar refractivity (Wildman–Crippen MR) is 104 cm³/mol. The van der Waals surface area contributed by atoms with Crippen molar-refractivity contribution in [2.75, 3.05) is 19.6 Å². The van der Waals surface area contributed by atoms with Crippen LogP contribution in [0.2, 0.25) is 0 Å². The normalized spacial score (nSPS) is 18.9. The van der Waals surface area contributed by atoms with Crippen LogP contribution in [0.5, 0.6) is 0 Å². The fourth-order valence-electron chi connectivity index (χ4n) is 3.53. The highest BCUT2D eigenvalue weighted by Crippen LogP contribution is 2.26. The fraction of sp³-hybridized carbons (Fsp3) is 0.526. The van der Waals surface area contributed by atoms with Gasteiger partial charge in [-0.25, -0.2) is 0 Å². The van der Waals surface area contributed by atoms with Crippen LogP contribution in [-0.4, -0.2) is 47.8 Å². The predicted octanol–water partition coefficient (Wildman–Crippen LogP) is 0.958. The molecule has 8 heteroatoms. The van der Waals surface area contributed by atoms with Gasteiger partial charge in [-0.2, -0.15) is 0 Å². The van der Waals surface area contributed by atoms with Crippen LogP contribution in [0.25, 0.3) is 0 Å². The Morgan fingerprint density at radius 2 is 1.81 bits per heavy atom. The molecule has 1 aromatic rings. The molecule has 3 amide bonds. The van der Waals surface area contributed by atoms with Crippen LogP contribution in [0, 0.1) is 0 Å². The van der Waals surface area contributed by atoms with Crippen molar-refractivity contribution in [3.63, 3.8) is 0 Å². The molecule has 1 heterocycles. The number of nitrogens with zero attached hydrogens (tertiary/aromatic N) is 1. The Bertz CT molecular complexity index is 687. The fourth-order valence-corrected chi connectivity index (χ4v) is 3.53. The van der Waals surface area contributed by atoms with E-state index in [1.807, 2.05) is 12.1 Å². The average molecular weight is 395 g/mol. The van der Waals surface area contributed by atoms with Crippen LogP contribution < -0.4 is 16.4 Å². The summed E-state index contributed by atoms with van der Waals surface area (Å²) in [4.78, 5) is 37.8. The van der Waals surface area contributed by atoms with E-state index in [4.69, 9.17) is 5.73 Å². The van der Waals surface area contributed by atoms with Gasteiger partial charge >= 0.3 is 0 Å². The Morgan fingerprint density at radius 3 is 2.44 bits per heavy atom. The van der Waals surface area contributed by atoms with E-state index in [2.05, 4.69) is 10.6 Å². The van der Waals surface area contributed by atoms with E-state index in [-0.39, 0.29) is 36.7 Å². The molecule has 1 aliphatic carbocycles. The standard InChI is InChI=1S/C19H26N4O3.ClH/c20-19(8-2-1-3-9-19)18(26)22-12-14-4-6-15(7-5-14)17(25)23-11-10-21-16(24)13-23;/h4-7H,1-3,8-13,20H2,(H,21,24)(H,22,26);1H. The number of rotatable bonds is 4. The van der Waals surface area contributed by atoms with E-state index in [1.54, 1.807) is 12.1 Å². The summed E-state index contributed by atoms with van der Waals surface area (Å²) in [5.41, 5.74) is 6.93. The first-order valence-electron chi connectivity index (χ1n) is 9.20. The third-order valence-electron chi connectivity index (χ3n) is 5.18. The highest BCUT2D eigenvalue weighted by Gasteiger charge is 2.34. The molecule has 0 unspecified atom stereocenters. The zero-order chi connectivity index (χ0) is 18.6. The molecule has 3 rings (SSSR count). The Kier molecular flexibility index (Phi) is 7.21. The second-order valence-electron chi connectivity index (χ2n) is 7.17. The molecule has 27 heavy (non-hydrogen) atoms. The lowest BCUT2D eigenvalue weighted by atomic mass is 9.82. The lowest BCUT2D eigenvalue weighted by Crippen LogP contribution is -2.54. The third-order valence-corrected chi connectivity index (χ3v) is 5.18. The number of hydrogen-bond acceptors (Lipinski definition) is 4. The molecular weight excluding hydrogens is 368 g/mol. The Morgan fingerprint density at radius 1 is 1.15 bits per heavy atom. The molecule has 1 aromatic carbocycles. The number of carbonyl (C=O) groups excluding carboxylic acids is 3. The minimum absolute atomic E-state index is 0. The van der Waals surface area contributed by atoms with Gasteiger partial charge in [-0.3, -0.25) is 14.4 Å². The molecule has 1 saturated carbocycles. The van der Waals surface area contributed by atoms with Crippen molar-refractivity contribution in [3.05, 3.63) is 35.4 Å². The molecule has 0 aromatic heterocycles. The molecule has 1 aliphatic heterocycles. The number of amides is 3. The van der Waals surface area contributed by atoms with E-state index in [0.717, 1.165) is 37.7 Å². The highest BCUT2D eigenvalue weighted by molar-refractivity contribution is 5.97. The quantitative estimate of drug-likeness (QED) is 0.707. The first-order valence-corrected chi connectivity index (χ1v) is 9.20. The van der Waals surface area contributed by atoms with Gasteiger partial charge in [0.1, 0.15) is 0 Å². The van der Waals surface area contributed by atoms with Crippen LogP contribution in [0.1, 0.15) is 48.0 Å². The molecular formula is C19H27ClN4O3. The molecule has 4 N–H and O–H groups in total. The van der Waals surface area contributed by atoms with Crippen LogP contribution in [0.15, 0.2) is 24.3 Å². The third kappa shape index (κ3) is 5.20. The van der Waals surface area contributed by atoms with E-state index in [0.29, 0.717) is 25.2 Å². The summed E-state index contributed by atoms with van der Waals surface area (Å²) in [6, 6.07) is 7.10. The summed E-state index contributed by atoms with van der Waals surface area (Å²) < 4.78 is 0. The minimum atomic E-state index is -0.747. The second-order valence-corrected chi connectivity index (χ2v) is 7.17. The van der Waals surface area contributed by atoms with Crippen molar-refractivity contribution >= 4 is 30.1 Å². The van der Waals surface area contributed by atoms with Crippen LogP contribution in [0.3, 0.4) is 0 Å². The van der Waals surface area contributed by atoms with Gasteiger partial charge in [0.15, 0.2) is 0 Å². The SMILES string of the molecule is Cl.NC1(C(=O)NCc2ccc(C(=O)N3CCNC(=O)C3)cc2)CCCCC1. The zero-order valence-corrected chi connectivity index (χ0v) is 16.1.